The van der Waals surface area contributed by atoms with Crippen molar-refractivity contribution in [3.05, 3.63) is 166 Å². The maximum absolute atomic E-state index is 13.2. The summed E-state index contributed by atoms with van der Waals surface area (Å²) in [4.78, 5) is 124. The van der Waals surface area contributed by atoms with Crippen LogP contribution in [0, 0.1) is 23.7 Å². The number of esters is 8. The second kappa shape index (κ2) is 32.9. The highest BCUT2D eigenvalue weighted by molar-refractivity contribution is 6.02. The molecule has 20 heteroatoms. The van der Waals surface area contributed by atoms with Crippen molar-refractivity contribution in [1.29, 1.82) is 0 Å². The van der Waals surface area contributed by atoms with E-state index in [4.69, 9.17) is 47.9 Å². The standard InChI is InChI=1S/C76H78N4O16/c1-9-89-69(81)53(70(82)90-10-2)41-45-17-25-49(26-18-45)65-57-33-35-59(77-57)66(50-27-19-46(20-28-50)42-54(71(83)91-11-3)72(84)92-12-4)61-37-39-63(79-61)68(52-31-23-48(24-32-52)44-56(75(87)95-15-7)76(88)96-16-8)64-40-38-62(80-64)67(60-36-34-58(65)78-60)51-29-21-47(22-30-51)43-55(73(85)93-13-5)74(86)94-14-6/h17-40,53-56,77,80H,9-16,41-44H2,1-8H3. The fraction of sp³-hybridized carbons (Fsp3) is 0.316. The zero-order valence-electron chi connectivity index (χ0n) is 55.1. The van der Waals surface area contributed by atoms with Gasteiger partial charge in [0.25, 0.3) is 0 Å². The van der Waals surface area contributed by atoms with Crippen LogP contribution in [0.4, 0.5) is 0 Å². The van der Waals surface area contributed by atoms with Crippen LogP contribution in [-0.4, -0.2) is 121 Å². The molecule has 7 aromatic rings. The number of rotatable bonds is 28. The molecule has 498 valence electrons. The number of hydrogen-bond donors (Lipinski definition) is 2. The van der Waals surface area contributed by atoms with Gasteiger partial charge in [0.05, 0.1) is 75.6 Å². The molecule has 0 saturated carbocycles. The first kappa shape index (κ1) is 69.6. The second-order valence-corrected chi connectivity index (χ2v) is 22.3. The molecule has 0 radical (unpaired) electrons. The molecule has 0 fully saturated rings. The lowest BCUT2D eigenvalue weighted by Crippen LogP contribution is -2.30. The van der Waals surface area contributed by atoms with Gasteiger partial charge in [-0.25, -0.2) is 9.97 Å². The van der Waals surface area contributed by atoms with Crippen LogP contribution < -0.4 is 0 Å². The van der Waals surface area contributed by atoms with E-state index in [2.05, 4.69) is 9.97 Å². The summed E-state index contributed by atoms with van der Waals surface area (Å²) in [5.41, 5.74) is 13.3. The van der Waals surface area contributed by atoms with E-state index >= 15 is 0 Å². The molecule has 2 aliphatic rings. The molecule has 4 aromatic carbocycles. The van der Waals surface area contributed by atoms with Crippen LogP contribution in [0.3, 0.4) is 0 Å². The van der Waals surface area contributed by atoms with Gasteiger partial charge in [-0.15, -0.1) is 0 Å². The smallest absolute Gasteiger partial charge is 0.320 e. The van der Waals surface area contributed by atoms with Crippen molar-refractivity contribution in [2.75, 3.05) is 52.9 Å². The third-order valence-electron chi connectivity index (χ3n) is 16.1. The van der Waals surface area contributed by atoms with E-state index in [-0.39, 0.29) is 78.5 Å². The number of H-pyrrole nitrogens is 2. The van der Waals surface area contributed by atoms with Gasteiger partial charge in [0.2, 0.25) is 0 Å². The normalized spacial score (nSPS) is 11.6. The van der Waals surface area contributed by atoms with Crippen molar-refractivity contribution < 1.29 is 76.3 Å². The van der Waals surface area contributed by atoms with E-state index in [1.807, 2.05) is 146 Å². The number of ether oxygens (including phenoxy) is 8. The first-order chi connectivity index (χ1) is 46.5. The lowest BCUT2D eigenvalue weighted by atomic mass is 9.96. The summed E-state index contributed by atoms with van der Waals surface area (Å²) in [5.74, 6) is -10.2. The summed E-state index contributed by atoms with van der Waals surface area (Å²) < 4.78 is 42.4. The zero-order chi connectivity index (χ0) is 68.4. The van der Waals surface area contributed by atoms with Gasteiger partial charge < -0.3 is 47.9 Å². The minimum absolute atomic E-state index is 0.0252. The Bertz CT molecular complexity index is 3640. The van der Waals surface area contributed by atoms with Crippen molar-refractivity contribution in [3.8, 4) is 44.5 Å². The molecule has 0 spiro atoms. The predicted molar refractivity (Wildman–Crippen MR) is 362 cm³/mol. The number of nitrogens with zero attached hydrogens (tertiary/aromatic N) is 2. The van der Waals surface area contributed by atoms with Crippen LogP contribution in [0.5, 0.6) is 0 Å². The Kier molecular flexibility index (Phi) is 23.8. The van der Waals surface area contributed by atoms with Gasteiger partial charge in [-0.05, 0) is 174 Å². The minimum Gasteiger partial charge on any atom is -0.465 e. The van der Waals surface area contributed by atoms with Crippen LogP contribution >= 0.6 is 0 Å². The molecule has 8 bridgehead atoms. The molecule has 2 aliphatic heterocycles. The average molecular weight is 1300 g/mol. The van der Waals surface area contributed by atoms with E-state index in [0.29, 0.717) is 89.4 Å². The predicted octanol–water partition coefficient (Wildman–Crippen LogP) is 12.5. The van der Waals surface area contributed by atoms with Gasteiger partial charge in [0.1, 0.15) is 0 Å². The molecular weight excluding hydrogens is 1220 g/mol. The summed E-state index contributed by atoms with van der Waals surface area (Å²) in [7, 11) is 0. The van der Waals surface area contributed by atoms with Crippen LogP contribution in [0.2, 0.25) is 0 Å². The second-order valence-electron chi connectivity index (χ2n) is 22.3. The fourth-order valence-corrected chi connectivity index (χ4v) is 11.6. The molecule has 0 atom stereocenters. The number of fused-ring (bicyclic) bond motifs is 8. The maximum atomic E-state index is 13.2. The highest BCUT2D eigenvalue weighted by Crippen LogP contribution is 2.40. The Hall–Kier alpha value is -10.8. The van der Waals surface area contributed by atoms with Gasteiger partial charge in [-0.2, -0.15) is 0 Å². The molecule has 0 aliphatic carbocycles. The number of nitrogens with one attached hydrogen (secondary N) is 2. The molecule has 0 unspecified atom stereocenters. The SMILES string of the molecule is CCOC(=O)C(Cc1ccc(-c2c3nc(c(-c4ccc(CC(C(=O)OCC)C(=O)OCC)cc4)c4ccc([nH]4)c(-c4ccc(CC(C(=O)OCC)C(=O)OCC)cc4)c4nc(c(-c5ccc(CC(C(=O)OCC)C(=O)OCC)cc5)c5ccc2[nH]5)C=C4)C=C3)cc1)C(=O)OCC. The lowest BCUT2D eigenvalue weighted by molar-refractivity contribution is -0.163. The quantitative estimate of drug-likeness (QED) is 0.0262. The number of benzene rings is 4. The van der Waals surface area contributed by atoms with Crippen LogP contribution in [0.15, 0.2) is 121 Å². The van der Waals surface area contributed by atoms with Gasteiger partial charge >= 0.3 is 47.8 Å². The minimum atomic E-state index is -1.19. The van der Waals surface area contributed by atoms with E-state index in [1.54, 1.807) is 55.4 Å². The highest BCUT2D eigenvalue weighted by Gasteiger charge is 2.34. The molecule has 2 N–H and O–H groups in total. The summed E-state index contributed by atoms with van der Waals surface area (Å²) in [6.45, 7) is 14.1. The van der Waals surface area contributed by atoms with E-state index in [0.717, 1.165) is 22.3 Å². The van der Waals surface area contributed by atoms with Crippen molar-refractivity contribution in [3.63, 3.8) is 0 Å². The summed E-state index contributed by atoms with van der Waals surface area (Å²) in [6, 6.07) is 37.9. The molecular formula is C76H78N4O16. The van der Waals surface area contributed by atoms with Gasteiger partial charge in [0, 0.05) is 44.3 Å². The van der Waals surface area contributed by atoms with E-state index < -0.39 is 71.4 Å². The van der Waals surface area contributed by atoms with Crippen LogP contribution in [0.25, 0.3) is 90.9 Å². The molecule has 20 nitrogen and oxygen atoms in total. The third-order valence-corrected chi connectivity index (χ3v) is 16.1. The fourth-order valence-electron chi connectivity index (χ4n) is 11.6. The Morgan fingerprint density at radius 2 is 0.438 bits per heavy atom. The molecule has 3 aromatic heterocycles. The molecule has 0 amide bonds. The van der Waals surface area contributed by atoms with Crippen LogP contribution in [0.1, 0.15) is 100 Å². The van der Waals surface area contributed by atoms with E-state index in [1.165, 1.54) is 0 Å². The monoisotopic (exact) mass is 1300 g/mol. The van der Waals surface area contributed by atoms with Crippen molar-refractivity contribution >= 4 is 94.1 Å². The summed E-state index contributed by atoms with van der Waals surface area (Å²) >= 11 is 0. The number of aromatic nitrogens is 4. The van der Waals surface area contributed by atoms with Crippen molar-refractivity contribution in [2.24, 2.45) is 23.7 Å². The van der Waals surface area contributed by atoms with Gasteiger partial charge in [-0.3, -0.25) is 38.4 Å². The first-order valence-corrected chi connectivity index (χ1v) is 32.4. The van der Waals surface area contributed by atoms with Crippen molar-refractivity contribution in [2.45, 2.75) is 81.1 Å². The summed E-state index contributed by atoms with van der Waals surface area (Å²) in [5, 5.41) is 0. The number of carbonyl (C=O) groups excluding carboxylic acids is 8. The van der Waals surface area contributed by atoms with Gasteiger partial charge in [-0.1, -0.05) is 97.1 Å². The Labute approximate surface area is 556 Å². The highest BCUT2D eigenvalue weighted by atomic mass is 16.6. The Morgan fingerprint density at radius 3 is 0.594 bits per heavy atom. The van der Waals surface area contributed by atoms with Gasteiger partial charge in [0.15, 0.2) is 23.7 Å². The number of aromatic amines is 2. The maximum Gasteiger partial charge on any atom is 0.320 e. The molecule has 5 heterocycles. The third kappa shape index (κ3) is 16.4. The Morgan fingerprint density at radius 1 is 0.271 bits per heavy atom. The first-order valence-electron chi connectivity index (χ1n) is 32.4. The number of carbonyl (C=O) groups is 8. The van der Waals surface area contributed by atoms with E-state index in [9.17, 15) is 38.4 Å². The molecule has 9 rings (SSSR count). The molecule has 0 saturated heterocycles. The molecule has 96 heavy (non-hydrogen) atoms. The lowest BCUT2D eigenvalue weighted by Gasteiger charge is -2.15. The Balaban J connectivity index is 1.30. The topological polar surface area (TPSA) is 268 Å². The largest absolute Gasteiger partial charge is 0.465 e. The zero-order valence-corrected chi connectivity index (χ0v) is 55.1. The van der Waals surface area contributed by atoms with Crippen molar-refractivity contribution in [1.82, 2.24) is 19.9 Å². The summed E-state index contributed by atoms with van der Waals surface area (Å²) in [6.07, 6.45) is 7.81. The number of hydrogen-bond acceptors (Lipinski definition) is 18. The average Bonchev–Trinajstić information content (AvgIpc) is 1.61. The van der Waals surface area contributed by atoms with Crippen LogP contribution in [-0.2, 0) is 102 Å².